The molecule has 0 saturated carbocycles. The molecule has 2 atom stereocenters. The normalized spacial score (nSPS) is 21.4. The van der Waals surface area contributed by atoms with E-state index in [-0.39, 0.29) is 12.1 Å². The predicted molar refractivity (Wildman–Crippen MR) is 141 cm³/mol. The van der Waals surface area contributed by atoms with Crippen LogP contribution in [-0.2, 0) is 16.0 Å². The van der Waals surface area contributed by atoms with Crippen LogP contribution >= 0.6 is 11.6 Å². The number of aromatic amines is 1. The van der Waals surface area contributed by atoms with E-state index >= 15 is 0 Å². The number of ether oxygens (including phenoxy) is 1. The molecule has 2 fully saturated rings. The molecule has 3 heterocycles. The fraction of sp³-hybridized carbons (Fsp3) is 0.640. The van der Waals surface area contributed by atoms with Crippen LogP contribution in [0, 0.1) is 0 Å². The molecule has 0 spiro atoms. The van der Waals surface area contributed by atoms with Gasteiger partial charge in [0.25, 0.3) is 0 Å². The van der Waals surface area contributed by atoms with Crippen LogP contribution in [0.25, 0.3) is 0 Å². The minimum Gasteiger partial charge on any atom is -0.475 e. The second kappa shape index (κ2) is 13.2. The number of carboxylic acid groups (broad SMARTS) is 1. The van der Waals surface area contributed by atoms with Gasteiger partial charge < -0.3 is 25.6 Å². The SMILES string of the molecule is CCC(O)(CC)[C@H]1CN(C2CCN(c3nnc(N)[nH]3)CC2)[C@@H](Cc2ccc(Cl)cc2)CO1.O=C(O)C(F)(F)F. The third-order valence-corrected chi connectivity index (χ3v) is 7.76. The zero-order chi connectivity index (χ0) is 28.8. The third-order valence-electron chi connectivity index (χ3n) is 7.51. The molecule has 2 aliphatic rings. The van der Waals surface area contributed by atoms with Crippen LogP contribution in [0.5, 0.6) is 0 Å². The van der Waals surface area contributed by atoms with Crippen molar-refractivity contribution in [1.29, 1.82) is 0 Å². The lowest BCUT2D eigenvalue weighted by atomic mass is 9.87. The summed E-state index contributed by atoms with van der Waals surface area (Å²) in [6.07, 6.45) is -0.947. The first-order valence-corrected chi connectivity index (χ1v) is 13.3. The Kier molecular flexibility index (Phi) is 10.4. The number of piperidine rings is 1. The number of carbonyl (C=O) groups is 1. The number of benzene rings is 1. The van der Waals surface area contributed by atoms with Gasteiger partial charge >= 0.3 is 12.1 Å². The number of halogens is 4. The lowest BCUT2D eigenvalue weighted by Gasteiger charge is -2.49. The summed E-state index contributed by atoms with van der Waals surface area (Å²) in [4.78, 5) is 16.7. The van der Waals surface area contributed by atoms with E-state index in [2.05, 4.69) is 37.1 Å². The van der Waals surface area contributed by atoms with Crippen molar-refractivity contribution in [2.75, 3.05) is 36.9 Å². The topological polar surface area (TPSA) is 141 Å². The van der Waals surface area contributed by atoms with E-state index in [9.17, 15) is 18.3 Å². The van der Waals surface area contributed by atoms with Crippen molar-refractivity contribution in [3.63, 3.8) is 0 Å². The largest absolute Gasteiger partial charge is 0.490 e. The number of nitrogens with one attached hydrogen (secondary N) is 1. The van der Waals surface area contributed by atoms with E-state index < -0.39 is 17.7 Å². The number of hydrogen-bond acceptors (Lipinski definition) is 8. The van der Waals surface area contributed by atoms with E-state index in [1.165, 1.54) is 5.56 Å². The van der Waals surface area contributed by atoms with Crippen molar-refractivity contribution < 1.29 is 32.9 Å². The maximum absolute atomic E-state index is 11.2. The van der Waals surface area contributed by atoms with Crippen LogP contribution in [0.3, 0.4) is 0 Å². The second-order valence-corrected chi connectivity index (χ2v) is 10.3. The molecule has 14 heteroatoms. The number of carboxylic acids is 1. The van der Waals surface area contributed by atoms with Gasteiger partial charge in [0.05, 0.1) is 18.3 Å². The zero-order valence-electron chi connectivity index (χ0n) is 22.0. The number of nitrogens with zero attached hydrogens (tertiary/aromatic N) is 4. The molecular weight excluding hydrogens is 541 g/mol. The summed E-state index contributed by atoms with van der Waals surface area (Å²) < 4.78 is 38.0. The first-order valence-electron chi connectivity index (χ1n) is 12.9. The number of aromatic nitrogens is 3. The van der Waals surface area contributed by atoms with Crippen molar-refractivity contribution in [2.45, 2.75) is 75.9 Å². The second-order valence-electron chi connectivity index (χ2n) is 9.87. The maximum Gasteiger partial charge on any atom is 0.490 e. The quantitative estimate of drug-likeness (QED) is 0.390. The molecule has 2 aromatic rings. The highest BCUT2D eigenvalue weighted by Crippen LogP contribution is 2.32. The lowest BCUT2D eigenvalue weighted by molar-refractivity contribution is -0.192. The Morgan fingerprint density at radius 3 is 2.26 bits per heavy atom. The molecule has 5 N–H and O–H groups in total. The van der Waals surface area contributed by atoms with Crippen molar-refractivity contribution in [2.24, 2.45) is 0 Å². The van der Waals surface area contributed by atoms with E-state index in [4.69, 9.17) is 32.0 Å². The molecular formula is C25H36ClF3N6O4. The molecule has 0 amide bonds. The molecule has 0 bridgehead atoms. The number of anilines is 2. The molecule has 1 aromatic carbocycles. The molecule has 218 valence electrons. The van der Waals surface area contributed by atoms with Gasteiger partial charge in [-0.15, -0.1) is 10.2 Å². The Labute approximate surface area is 230 Å². The molecule has 4 rings (SSSR count). The Hall–Kier alpha value is -2.61. The third kappa shape index (κ3) is 8.19. The summed E-state index contributed by atoms with van der Waals surface area (Å²) in [7, 11) is 0. The van der Waals surface area contributed by atoms with Crippen LogP contribution in [0.2, 0.25) is 5.02 Å². The van der Waals surface area contributed by atoms with E-state index in [0.717, 1.165) is 49.9 Å². The van der Waals surface area contributed by atoms with Gasteiger partial charge in [0.1, 0.15) is 0 Å². The van der Waals surface area contributed by atoms with Gasteiger partial charge in [-0.3, -0.25) is 9.88 Å². The van der Waals surface area contributed by atoms with Gasteiger partial charge in [0.2, 0.25) is 11.9 Å². The Bertz CT molecular complexity index is 1060. The Morgan fingerprint density at radius 2 is 1.77 bits per heavy atom. The van der Waals surface area contributed by atoms with Crippen molar-refractivity contribution >= 4 is 29.5 Å². The van der Waals surface area contributed by atoms with Gasteiger partial charge in [-0.05, 0) is 49.8 Å². The minimum absolute atomic E-state index is 0.175. The van der Waals surface area contributed by atoms with Gasteiger partial charge in [-0.2, -0.15) is 13.2 Å². The van der Waals surface area contributed by atoms with Gasteiger partial charge in [-0.1, -0.05) is 37.6 Å². The summed E-state index contributed by atoms with van der Waals surface area (Å²) in [6, 6.07) is 8.77. The van der Waals surface area contributed by atoms with Crippen LogP contribution in [0.1, 0.15) is 45.1 Å². The van der Waals surface area contributed by atoms with E-state index in [0.29, 0.717) is 31.4 Å². The molecule has 0 radical (unpaired) electrons. The molecule has 39 heavy (non-hydrogen) atoms. The van der Waals surface area contributed by atoms with Crippen LogP contribution in [-0.4, -0.2) is 92.5 Å². The molecule has 2 aliphatic heterocycles. The number of nitrogens with two attached hydrogens (primary N) is 1. The van der Waals surface area contributed by atoms with Gasteiger partial charge in [0.15, 0.2) is 0 Å². The number of rotatable bonds is 7. The Morgan fingerprint density at radius 1 is 1.18 bits per heavy atom. The average molecular weight is 577 g/mol. The summed E-state index contributed by atoms with van der Waals surface area (Å²) >= 11 is 6.08. The van der Waals surface area contributed by atoms with E-state index in [1.54, 1.807) is 0 Å². The summed E-state index contributed by atoms with van der Waals surface area (Å²) in [5, 5.41) is 27.1. The maximum atomic E-state index is 11.2. The van der Waals surface area contributed by atoms with Gasteiger partial charge in [0, 0.05) is 36.7 Å². The van der Waals surface area contributed by atoms with Gasteiger partial charge in [-0.25, -0.2) is 4.79 Å². The monoisotopic (exact) mass is 576 g/mol. The van der Waals surface area contributed by atoms with Crippen molar-refractivity contribution in [1.82, 2.24) is 20.1 Å². The predicted octanol–water partition coefficient (Wildman–Crippen LogP) is 3.51. The summed E-state index contributed by atoms with van der Waals surface area (Å²) in [5.74, 6) is -1.67. The number of aliphatic carboxylic acids is 1. The van der Waals surface area contributed by atoms with Crippen LogP contribution in [0.15, 0.2) is 24.3 Å². The number of nitrogen functional groups attached to an aromatic ring is 1. The molecule has 1 aromatic heterocycles. The lowest BCUT2D eigenvalue weighted by Crippen LogP contribution is -2.62. The van der Waals surface area contributed by atoms with Crippen LogP contribution < -0.4 is 10.6 Å². The first kappa shape index (κ1) is 30.9. The van der Waals surface area contributed by atoms with Crippen molar-refractivity contribution in [3.8, 4) is 0 Å². The Balaban J connectivity index is 0.000000532. The first-order chi connectivity index (χ1) is 18.4. The standard InChI is InChI=1S/C23H35ClN6O2.C2HF3O2/c1-3-23(31,4-2)20-14-30(19(15-32-20)13-16-5-7-17(24)8-6-16)18-9-11-29(12-10-18)22-26-21(25)27-28-22;3-2(4,5)1(6)7/h5-8,18-20,31H,3-4,9-15H2,1-2H3,(H3,25,26,27,28);(H,6,7)/t19-,20+;/m0./s1. The minimum atomic E-state index is -5.08. The van der Waals surface area contributed by atoms with E-state index in [1.807, 2.05) is 26.0 Å². The highest BCUT2D eigenvalue weighted by Gasteiger charge is 2.43. The fourth-order valence-corrected chi connectivity index (χ4v) is 5.21. The smallest absolute Gasteiger partial charge is 0.475 e. The number of aliphatic hydroxyl groups is 1. The number of morpholine rings is 1. The molecule has 0 unspecified atom stereocenters. The van der Waals surface area contributed by atoms with Crippen LogP contribution in [0.4, 0.5) is 25.1 Å². The number of alkyl halides is 3. The molecule has 10 nitrogen and oxygen atoms in total. The average Bonchev–Trinajstić information content (AvgIpc) is 3.36. The highest BCUT2D eigenvalue weighted by molar-refractivity contribution is 6.30. The molecule has 2 saturated heterocycles. The number of H-pyrrole nitrogens is 1. The van der Waals surface area contributed by atoms with Crippen molar-refractivity contribution in [3.05, 3.63) is 34.9 Å². The summed E-state index contributed by atoms with van der Waals surface area (Å²) in [6.45, 7) is 7.23. The highest BCUT2D eigenvalue weighted by atomic mass is 35.5. The fourth-order valence-electron chi connectivity index (χ4n) is 5.08. The number of hydrogen-bond donors (Lipinski definition) is 4. The zero-order valence-corrected chi connectivity index (χ0v) is 22.8. The molecule has 0 aliphatic carbocycles. The summed E-state index contributed by atoms with van der Waals surface area (Å²) in [5.41, 5.74) is 6.16.